The van der Waals surface area contributed by atoms with E-state index in [1.165, 1.54) is 5.56 Å². The molecule has 1 aliphatic carbocycles. The van der Waals surface area contributed by atoms with E-state index in [0.29, 0.717) is 11.4 Å². The van der Waals surface area contributed by atoms with E-state index in [9.17, 15) is 9.90 Å². The first-order valence-electron chi connectivity index (χ1n) is 8.32. The molecule has 0 saturated heterocycles. The van der Waals surface area contributed by atoms with Gasteiger partial charge in [-0.2, -0.15) is 5.10 Å². The molecule has 3 aromatic rings. The Labute approximate surface area is 144 Å². The number of rotatable bonds is 3. The molecule has 25 heavy (non-hydrogen) atoms. The molecule has 1 aliphatic rings. The molecule has 0 spiro atoms. The summed E-state index contributed by atoms with van der Waals surface area (Å²) in [4.78, 5) is 20.3. The van der Waals surface area contributed by atoms with Crippen LogP contribution >= 0.6 is 0 Å². The number of hydrogen-bond donors (Lipinski definition) is 2. The molecule has 0 amide bonds. The van der Waals surface area contributed by atoms with E-state index < -0.39 is 5.97 Å². The van der Waals surface area contributed by atoms with Crippen molar-refractivity contribution in [2.45, 2.75) is 32.2 Å². The Balaban J connectivity index is 1.76. The van der Waals surface area contributed by atoms with Gasteiger partial charge in [0.05, 0.1) is 23.2 Å². The van der Waals surface area contributed by atoms with E-state index in [2.05, 4.69) is 20.4 Å². The summed E-state index contributed by atoms with van der Waals surface area (Å²) in [6, 6.07) is 5.42. The summed E-state index contributed by atoms with van der Waals surface area (Å²) in [5, 5.41) is 17.9. The number of fused-ring (bicyclic) bond motifs is 2. The molecule has 0 saturated carbocycles. The van der Waals surface area contributed by atoms with Crippen LogP contribution in [0.3, 0.4) is 0 Å². The number of anilines is 1. The van der Waals surface area contributed by atoms with Crippen LogP contribution in [0.2, 0.25) is 0 Å². The van der Waals surface area contributed by atoms with Gasteiger partial charge in [-0.3, -0.25) is 4.68 Å². The fourth-order valence-electron chi connectivity index (χ4n) is 3.49. The van der Waals surface area contributed by atoms with Crippen molar-refractivity contribution in [2.24, 2.45) is 7.05 Å². The summed E-state index contributed by atoms with van der Waals surface area (Å²) in [7, 11) is 1.85. The lowest BCUT2D eigenvalue weighted by atomic mass is 9.86. The molecule has 2 aromatic heterocycles. The van der Waals surface area contributed by atoms with E-state index in [1.807, 2.05) is 20.0 Å². The van der Waals surface area contributed by atoms with Gasteiger partial charge in [0.15, 0.2) is 5.65 Å². The van der Waals surface area contributed by atoms with Gasteiger partial charge < -0.3 is 10.4 Å². The van der Waals surface area contributed by atoms with Crippen molar-refractivity contribution in [1.82, 2.24) is 19.7 Å². The molecule has 128 valence electrons. The number of nitrogens with one attached hydrogen (secondary N) is 1. The van der Waals surface area contributed by atoms with Crippen LogP contribution in [0.15, 0.2) is 24.4 Å². The number of nitrogens with zero attached hydrogens (tertiary/aromatic N) is 4. The minimum Gasteiger partial charge on any atom is -0.478 e. The van der Waals surface area contributed by atoms with E-state index in [0.717, 1.165) is 41.7 Å². The number of hydrogen-bond acceptors (Lipinski definition) is 5. The van der Waals surface area contributed by atoms with Crippen molar-refractivity contribution < 1.29 is 9.90 Å². The predicted octanol–water partition coefficient (Wildman–Crippen LogP) is 2.86. The predicted molar refractivity (Wildman–Crippen MR) is 93.7 cm³/mol. The smallest absolute Gasteiger partial charge is 0.335 e. The SMILES string of the molecule is Cc1nc(NC2CCCc3ccc(C(=O)O)cc32)c2cnn(C)c2n1. The summed E-state index contributed by atoms with van der Waals surface area (Å²) in [6.45, 7) is 1.86. The summed E-state index contributed by atoms with van der Waals surface area (Å²) in [6.07, 6.45) is 4.71. The van der Waals surface area contributed by atoms with Gasteiger partial charge in [-0.25, -0.2) is 14.8 Å². The van der Waals surface area contributed by atoms with Gasteiger partial charge in [0.2, 0.25) is 0 Å². The van der Waals surface area contributed by atoms with Crippen molar-refractivity contribution in [3.05, 3.63) is 46.9 Å². The fourth-order valence-corrected chi connectivity index (χ4v) is 3.49. The molecule has 0 radical (unpaired) electrons. The molecule has 0 bridgehead atoms. The highest BCUT2D eigenvalue weighted by Gasteiger charge is 2.23. The van der Waals surface area contributed by atoms with E-state index >= 15 is 0 Å². The maximum Gasteiger partial charge on any atom is 0.335 e. The van der Waals surface area contributed by atoms with Gasteiger partial charge in [0.25, 0.3) is 0 Å². The second-order valence-electron chi connectivity index (χ2n) is 6.43. The molecule has 1 aromatic carbocycles. The largest absolute Gasteiger partial charge is 0.478 e. The third-order valence-electron chi connectivity index (χ3n) is 4.72. The Morgan fingerprint density at radius 3 is 3.00 bits per heavy atom. The van der Waals surface area contributed by atoms with Crippen molar-refractivity contribution in [3.63, 3.8) is 0 Å². The molecule has 0 fully saturated rings. The Bertz CT molecular complexity index is 979. The Morgan fingerprint density at radius 2 is 2.20 bits per heavy atom. The minimum absolute atomic E-state index is 0.0285. The molecule has 2 N–H and O–H groups in total. The quantitative estimate of drug-likeness (QED) is 0.763. The van der Waals surface area contributed by atoms with E-state index in [1.54, 1.807) is 23.0 Å². The van der Waals surface area contributed by atoms with Gasteiger partial charge in [-0.05, 0) is 49.4 Å². The maximum atomic E-state index is 11.3. The summed E-state index contributed by atoms with van der Waals surface area (Å²) >= 11 is 0. The highest BCUT2D eigenvalue weighted by Crippen LogP contribution is 2.34. The van der Waals surface area contributed by atoms with Gasteiger partial charge in [-0.15, -0.1) is 0 Å². The Morgan fingerprint density at radius 1 is 1.36 bits per heavy atom. The number of benzene rings is 1. The first-order chi connectivity index (χ1) is 12.0. The first-order valence-corrected chi connectivity index (χ1v) is 8.32. The van der Waals surface area contributed by atoms with Crippen LogP contribution in [-0.2, 0) is 13.5 Å². The molecule has 1 unspecified atom stereocenters. The number of aromatic carboxylic acids is 1. The van der Waals surface area contributed by atoms with Crippen LogP contribution in [0, 0.1) is 6.92 Å². The molecule has 7 heteroatoms. The van der Waals surface area contributed by atoms with Crippen LogP contribution in [0.5, 0.6) is 0 Å². The van der Waals surface area contributed by atoms with Crippen LogP contribution in [-0.4, -0.2) is 30.8 Å². The van der Waals surface area contributed by atoms with Crippen molar-refractivity contribution in [3.8, 4) is 0 Å². The average molecular weight is 337 g/mol. The van der Waals surface area contributed by atoms with E-state index in [-0.39, 0.29) is 6.04 Å². The molecule has 1 atom stereocenters. The van der Waals surface area contributed by atoms with Crippen LogP contribution in [0.4, 0.5) is 5.82 Å². The number of aryl methyl sites for hydroxylation is 3. The third kappa shape index (κ3) is 2.71. The van der Waals surface area contributed by atoms with Crippen molar-refractivity contribution in [1.29, 1.82) is 0 Å². The highest BCUT2D eigenvalue weighted by molar-refractivity contribution is 5.88. The van der Waals surface area contributed by atoms with Gasteiger partial charge in [0.1, 0.15) is 11.6 Å². The van der Waals surface area contributed by atoms with Crippen LogP contribution < -0.4 is 5.32 Å². The Hall–Kier alpha value is -2.96. The first kappa shape index (κ1) is 15.6. The lowest BCUT2D eigenvalue weighted by Crippen LogP contribution is -2.19. The highest BCUT2D eigenvalue weighted by atomic mass is 16.4. The van der Waals surface area contributed by atoms with E-state index in [4.69, 9.17) is 0 Å². The van der Waals surface area contributed by atoms with Crippen molar-refractivity contribution >= 4 is 22.8 Å². The standard InChI is InChI=1S/C18H19N5O2/c1-10-20-16(14-9-19-23(2)17(14)21-10)22-15-5-3-4-11-6-7-12(18(24)25)8-13(11)15/h6-9,15H,3-5H2,1-2H3,(H,24,25)(H,20,21,22). The molecule has 7 nitrogen and oxygen atoms in total. The molecule has 2 heterocycles. The lowest BCUT2D eigenvalue weighted by Gasteiger charge is -2.27. The van der Waals surface area contributed by atoms with Crippen LogP contribution in [0.25, 0.3) is 11.0 Å². The average Bonchev–Trinajstić information content (AvgIpc) is 2.96. The summed E-state index contributed by atoms with van der Waals surface area (Å²) in [5.74, 6) is 0.516. The monoisotopic (exact) mass is 337 g/mol. The topological polar surface area (TPSA) is 92.9 Å². The second kappa shape index (κ2) is 5.84. The number of carbonyl (C=O) groups is 1. The third-order valence-corrected chi connectivity index (χ3v) is 4.72. The minimum atomic E-state index is -0.903. The number of aromatic nitrogens is 4. The van der Waals surface area contributed by atoms with Crippen LogP contribution in [0.1, 0.15) is 46.2 Å². The lowest BCUT2D eigenvalue weighted by molar-refractivity contribution is 0.0696. The molecular weight excluding hydrogens is 318 g/mol. The summed E-state index contributed by atoms with van der Waals surface area (Å²) in [5.41, 5.74) is 3.34. The zero-order chi connectivity index (χ0) is 17.6. The second-order valence-corrected chi connectivity index (χ2v) is 6.43. The fraction of sp³-hybridized carbons (Fsp3) is 0.333. The number of carboxylic acid groups (broad SMARTS) is 1. The van der Waals surface area contributed by atoms with Gasteiger partial charge in [-0.1, -0.05) is 6.07 Å². The zero-order valence-electron chi connectivity index (χ0n) is 14.2. The summed E-state index contributed by atoms with van der Waals surface area (Å²) < 4.78 is 1.73. The number of carboxylic acids is 1. The molecule has 4 rings (SSSR count). The van der Waals surface area contributed by atoms with Gasteiger partial charge in [0, 0.05) is 7.05 Å². The van der Waals surface area contributed by atoms with Gasteiger partial charge >= 0.3 is 5.97 Å². The molecular formula is C18H19N5O2. The Kier molecular flexibility index (Phi) is 3.63. The normalized spacial score (nSPS) is 16.6. The zero-order valence-corrected chi connectivity index (χ0v) is 14.2. The molecule has 0 aliphatic heterocycles. The van der Waals surface area contributed by atoms with Crippen molar-refractivity contribution in [2.75, 3.05) is 5.32 Å². The maximum absolute atomic E-state index is 11.3.